The molecule has 0 aliphatic carbocycles. The summed E-state index contributed by atoms with van der Waals surface area (Å²) in [6, 6.07) is 20.2. The van der Waals surface area contributed by atoms with Gasteiger partial charge < -0.3 is 24.2 Å². The summed E-state index contributed by atoms with van der Waals surface area (Å²) in [5.41, 5.74) is 9.26. The second-order valence-corrected chi connectivity index (χ2v) is 10.6. The number of phenols is 1. The molecular formula is C30H33N3O5. The number of hydrazine groups is 1. The average Bonchev–Trinajstić information content (AvgIpc) is 3.61. The van der Waals surface area contributed by atoms with Gasteiger partial charge in [-0.1, -0.05) is 50.2 Å². The molecule has 38 heavy (non-hydrogen) atoms. The monoisotopic (exact) mass is 515 g/mol. The van der Waals surface area contributed by atoms with Gasteiger partial charge in [-0.05, 0) is 53.8 Å². The van der Waals surface area contributed by atoms with Gasteiger partial charge in [-0.3, -0.25) is 4.79 Å². The fourth-order valence-corrected chi connectivity index (χ4v) is 5.73. The third kappa shape index (κ3) is 4.54. The van der Waals surface area contributed by atoms with Crippen LogP contribution in [0.25, 0.3) is 0 Å². The first-order valence-electron chi connectivity index (χ1n) is 13.2. The van der Waals surface area contributed by atoms with Gasteiger partial charge >= 0.3 is 0 Å². The van der Waals surface area contributed by atoms with Crippen LogP contribution < -0.4 is 25.1 Å². The van der Waals surface area contributed by atoms with Gasteiger partial charge in [-0.15, -0.1) is 0 Å². The van der Waals surface area contributed by atoms with Crippen molar-refractivity contribution < 1.29 is 24.1 Å². The van der Waals surface area contributed by atoms with Crippen molar-refractivity contribution in [2.45, 2.75) is 44.9 Å². The Hall–Kier alpha value is -3.75. The molecule has 1 amide bonds. The summed E-state index contributed by atoms with van der Waals surface area (Å²) in [7, 11) is 0. The van der Waals surface area contributed by atoms with Crippen LogP contribution >= 0.6 is 0 Å². The van der Waals surface area contributed by atoms with Crippen molar-refractivity contribution in [3.05, 3.63) is 83.4 Å². The van der Waals surface area contributed by atoms with E-state index in [0.29, 0.717) is 30.6 Å². The first-order valence-corrected chi connectivity index (χ1v) is 13.2. The number of aromatic hydroxyl groups is 1. The lowest BCUT2D eigenvalue weighted by Gasteiger charge is -2.32. The lowest BCUT2D eigenvalue weighted by atomic mass is 9.83. The zero-order chi connectivity index (χ0) is 26.2. The van der Waals surface area contributed by atoms with E-state index in [1.165, 1.54) is 0 Å². The predicted octanol–water partition coefficient (Wildman–Crippen LogP) is 4.46. The van der Waals surface area contributed by atoms with E-state index in [9.17, 15) is 9.90 Å². The minimum atomic E-state index is -0.441. The summed E-state index contributed by atoms with van der Waals surface area (Å²) in [5, 5.41) is 10.7. The lowest BCUT2D eigenvalue weighted by molar-refractivity contribution is -0.131. The van der Waals surface area contributed by atoms with E-state index in [2.05, 4.69) is 30.8 Å². The van der Waals surface area contributed by atoms with Gasteiger partial charge in [0.25, 0.3) is 0 Å². The maximum atomic E-state index is 13.9. The minimum absolute atomic E-state index is 0.00853. The maximum Gasteiger partial charge on any atom is 0.242 e. The first-order chi connectivity index (χ1) is 18.5. The maximum absolute atomic E-state index is 13.9. The fraction of sp³-hybridized carbons (Fsp3) is 0.367. The molecule has 3 aliphatic heterocycles. The van der Waals surface area contributed by atoms with Crippen LogP contribution in [0.1, 0.15) is 49.0 Å². The zero-order valence-corrected chi connectivity index (χ0v) is 21.6. The Balaban J connectivity index is 1.36. The van der Waals surface area contributed by atoms with Crippen molar-refractivity contribution in [2.75, 3.05) is 13.4 Å². The molecule has 3 heterocycles. The number of amides is 1. The number of nitrogens with one attached hydrogen (secondary N) is 2. The molecule has 8 heteroatoms. The summed E-state index contributed by atoms with van der Waals surface area (Å²) >= 11 is 0. The SMILES string of the molecule is CC(C)CCOc1cccc(C2C3C(NNC3c3ccccc3O)C(=O)N2Cc2ccc3c(c2)OCO3)c1. The van der Waals surface area contributed by atoms with Crippen molar-refractivity contribution in [1.29, 1.82) is 0 Å². The van der Waals surface area contributed by atoms with Gasteiger partial charge in [0.1, 0.15) is 17.5 Å². The van der Waals surface area contributed by atoms with Crippen LogP contribution in [0.5, 0.6) is 23.0 Å². The van der Waals surface area contributed by atoms with Gasteiger partial charge in [0.15, 0.2) is 11.5 Å². The third-order valence-corrected chi connectivity index (χ3v) is 7.64. The second kappa shape index (κ2) is 10.2. The van der Waals surface area contributed by atoms with E-state index in [0.717, 1.165) is 28.9 Å². The van der Waals surface area contributed by atoms with Crippen molar-refractivity contribution in [2.24, 2.45) is 11.8 Å². The highest BCUT2D eigenvalue weighted by Crippen LogP contribution is 2.49. The quantitative estimate of drug-likeness (QED) is 0.408. The molecule has 3 aromatic carbocycles. The molecule has 8 nitrogen and oxygen atoms in total. The van der Waals surface area contributed by atoms with Crippen LogP contribution in [-0.2, 0) is 11.3 Å². The molecule has 0 aromatic heterocycles. The number of fused-ring (bicyclic) bond motifs is 2. The molecule has 3 aliphatic rings. The van der Waals surface area contributed by atoms with E-state index in [-0.39, 0.29) is 36.5 Å². The lowest BCUT2D eigenvalue weighted by Crippen LogP contribution is -2.41. The van der Waals surface area contributed by atoms with Crippen LogP contribution in [-0.4, -0.2) is 35.4 Å². The van der Waals surface area contributed by atoms with E-state index in [4.69, 9.17) is 14.2 Å². The van der Waals surface area contributed by atoms with Crippen molar-refractivity contribution in [1.82, 2.24) is 15.8 Å². The Morgan fingerprint density at radius 1 is 1.00 bits per heavy atom. The smallest absolute Gasteiger partial charge is 0.242 e. The summed E-state index contributed by atoms with van der Waals surface area (Å²) in [4.78, 5) is 15.8. The van der Waals surface area contributed by atoms with Crippen LogP contribution in [0.3, 0.4) is 0 Å². The van der Waals surface area contributed by atoms with E-state index in [1.807, 2.05) is 53.4 Å². The Morgan fingerprint density at radius 3 is 2.66 bits per heavy atom. The number of phenolic OH excluding ortho intramolecular Hbond substituents is 1. The second-order valence-electron chi connectivity index (χ2n) is 10.6. The summed E-state index contributed by atoms with van der Waals surface area (Å²) in [5.74, 6) is 2.81. The molecule has 4 unspecified atom stereocenters. The average molecular weight is 516 g/mol. The molecule has 198 valence electrons. The summed E-state index contributed by atoms with van der Waals surface area (Å²) < 4.78 is 17.1. The summed E-state index contributed by atoms with van der Waals surface area (Å²) in [6.07, 6.45) is 0.969. The van der Waals surface area contributed by atoms with Crippen LogP contribution in [0.2, 0.25) is 0 Å². The van der Waals surface area contributed by atoms with Crippen LogP contribution in [0.15, 0.2) is 66.7 Å². The number of carbonyl (C=O) groups excluding carboxylic acids is 1. The molecular weight excluding hydrogens is 482 g/mol. The number of likely N-dealkylation sites (tertiary alicyclic amines) is 1. The van der Waals surface area contributed by atoms with Crippen LogP contribution in [0, 0.1) is 11.8 Å². The largest absolute Gasteiger partial charge is 0.508 e. The molecule has 3 N–H and O–H groups in total. The molecule has 2 saturated heterocycles. The minimum Gasteiger partial charge on any atom is -0.508 e. The number of nitrogens with zero attached hydrogens (tertiary/aromatic N) is 1. The molecule has 0 bridgehead atoms. The summed E-state index contributed by atoms with van der Waals surface area (Å²) in [6.45, 7) is 5.62. The van der Waals surface area contributed by atoms with Crippen molar-refractivity contribution in [3.63, 3.8) is 0 Å². The Labute approximate surface area is 222 Å². The topological polar surface area (TPSA) is 92.3 Å². The number of benzene rings is 3. The number of para-hydroxylation sites is 1. The normalized spacial score (nSPS) is 23.8. The standard InChI is InChI=1S/C30H33N3O5/c1-18(2)12-13-36-21-7-5-6-20(15-21)29-26-27(22-8-3-4-9-23(22)34)31-32-28(26)30(35)33(29)16-19-10-11-24-25(14-19)38-17-37-24/h3-11,14-15,18,26-29,31-32,34H,12-13,16-17H2,1-2H3. The molecule has 6 rings (SSSR count). The third-order valence-electron chi connectivity index (χ3n) is 7.64. The highest BCUT2D eigenvalue weighted by molar-refractivity contribution is 5.86. The number of rotatable bonds is 8. The number of carbonyl (C=O) groups is 1. The Morgan fingerprint density at radius 2 is 1.82 bits per heavy atom. The van der Waals surface area contributed by atoms with Crippen molar-refractivity contribution >= 4 is 5.91 Å². The first kappa shape index (κ1) is 24.6. The van der Waals surface area contributed by atoms with Gasteiger partial charge in [-0.25, -0.2) is 10.9 Å². The highest BCUT2D eigenvalue weighted by Gasteiger charge is 2.55. The van der Waals surface area contributed by atoms with Gasteiger partial charge in [0.2, 0.25) is 12.7 Å². The number of hydrogen-bond donors (Lipinski definition) is 3. The highest BCUT2D eigenvalue weighted by atomic mass is 16.7. The number of ether oxygens (including phenoxy) is 3. The Kier molecular flexibility index (Phi) is 6.59. The van der Waals surface area contributed by atoms with Gasteiger partial charge in [0.05, 0.1) is 18.7 Å². The van der Waals surface area contributed by atoms with Crippen molar-refractivity contribution in [3.8, 4) is 23.0 Å². The van der Waals surface area contributed by atoms with Gasteiger partial charge in [0, 0.05) is 18.0 Å². The molecule has 2 fully saturated rings. The molecule has 0 saturated carbocycles. The molecule has 4 atom stereocenters. The predicted molar refractivity (Wildman–Crippen MR) is 142 cm³/mol. The van der Waals surface area contributed by atoms with Gasteiger partial charge in [-0.2, -0.15) is 0 Å². The van der Waals surface area contributed by atoms with E-state index in [1.54, 1.807) is 12.1 Å². The van der Waals surface area contributed by atoms with Crippen LogP contribution in [0.4, 0.5) is 0 Å². The fourth-order valence-electron chi connectivity index (χ4n) is 5.73. The zero-order valence-electron chi connectivity index (χ0n) is 21.6. The molecule has 0 radical (unpaired) electrons. The molecule has 0 spiro atoms. The van der Waals surface area contributed by atoms with E-state index >= 15 is 0 Å². The number of hydrogen-bond acceptors (Lipinski definition) is 7. The molecule has 3 aromatic rings. The van der Waals surface area contributed by atoms with E-state index < -0.39 is 6.04 Å². The Bertz CT molecular complexity index is 1330.